The van der Waals surface area contributed by atoms with Crippen LogP contribution in [0.15, 0.2) is 48.5 Å². The highest BCUT2D eigenvalue weighted by molar-refractivity contribution is 7.98. The van der Waals surface area contributed by atoms with Gasteiger partial charge in [0, 0.05) is 13.5 Å². The third kappa shape index (κ3) is 12.2. The first kappa shape index (κ1) is 36.7. The number of hydrogen-bond acceptors (Lipinski definition) is 7. The largest absolute Gasteiger partial charge is 0.458 e. The van der Waals surface area contributed by atoms with E-state index in [4.69, 9.17) is 9.47 Å². The number of thioether (sulfide) groups is 1. The van der Waals surface area contributed by atoms with Crippen molar-refractivity contribution in [3.63, 3.8) is 0 Å². The van der Waals surface area contributed by atoms with Crippen molar-refractivity contribution in [2.24, 2.45) is 0 Å². The van der Waals surface area contributed by atoms with Gasteiger partial charge in [0.1, 0.15) is 29.3 Å². The first-order valence-corrected chi connectivity index (χ1v) is 16.2. The molecule has 3 amide bonds. The van der Waals surface area contributed by atoms with Gasteiger partial charge in [-0.2, -0.15) is 11.8 Å². The fourth-order valence-electron chi connectivity index (χ4n) is 4.70. The van der Waals surface area contributed by atoms with E-state index in [9.17, 15) is 19.2 Å². The Morgan fingerprint density at radius 2 is 1.41 bits per heavy atom. The number of nitrogens with one attached hydrogen (secondary N) is 2. The number of carbonyl (C=O) groups is 4. The van der Waals surface area contributed by atoms with E-state index in [0.717, 1.165) is 16.7 Å². The van der Waals surface area contributed by atoms with Crippen LogP contribution in [0.5, 0.6) is 0 Å². The quantitative estimate of drug-likeness (QED) is 0.298. The van der Waals surface area contributed by atoms with Crippen molar-refractivity contribution < 1.29 is 28.7 Å². The highest BCUT2D eigenvalue weighted by atomic mass is 32.2. The molecule has 0 fully saturated rings. The van der Waals surface area contributed by atoms with Gasteiger partial charge in [0.15, 0.2) is 0 Å². The summed E-state index contributed by atoms with van der Waals surface area (Å²) in [6.07, 6.45) is 1.73. The summed E-state index contributed by atoms with van der Waals surface area (Å²) in [5, 5.41) is 5.59. The molecule has 0 aliphatic rings. The molecule has 0 aliphatic heterocycles. The lowest BCUT2D eigenvalue weighted by Gasteiger charge is -2.33. The zero-order valence-corrected chi connectivity index (χ0v) is 28.6. The topological polar surface area (TPSA) is 114 Å². The normalized spacial score (nSPS) is 13.7. The molecule has 0 aromatic heterocycles. The minimum Gasteiger partial charge on any atom is -0.458 e. The van der Waals surface area contributed by atoms with Gasteiger partial charge in [-0.1, -0.05) is 59.7 Å². The number of nitrogens with zero attached hydrogens (tertiary/aromatic N) is 1. The van der Waals surface area contributed by atoms with Gasteiger partial charge in [-0.05, 0) is 84.9 Å². The molecule has 0 saturated heterocycles. The molecule has 0 aliphatic carbocycles. The number of benzene rings is 2. The van der Waals surface area contributed by atoms with E-state index in [-0.39, 0.29) is 6.42 Å². The Hall–Kier alpha value is -3.53. The summed E-state index contributed by atoms with van der Waals surface area (Å²) in [6.45, 7) is 14.4. The van der Waals surface area contributed by atoms with E-state index in [1.807, 2.05) is 68.6 Å². The third-order valence-corrected chi connectivity index (χ3v) is 7.08. The second-order valence-corrected chi connectivity index (χ2v) is 14.0. The molecule has 2 aromatic rings. The molecule has 242 valence electrons. The first-order valence-electron chi connectivity index (χ1n) is 14.8. The Morgan fingerprint density at radius 3 is 1.93 bits per heavy atom. The van der Waals surface area contributed by atoms with Crippen LogP contribution in [0, 0.1) is 13.8 Å². The zero-order valence-electron chi connectivity index (χ0n) is 27.8. The van der Waals surface area contributed by atoms with Crippen LogP contribution in [0.4, 0.5) is 4.79 Å². The van der Waals surface area contributed by atoms with Gasteiger partial charge in [-0.15, -0.1) is 0 Å². The van der Waals surface area contributed by atoms with Crippen LogP contribution in [0.2, 0.25) is 0 Å². The Bertz CT molecular complexity index is 1270. The molecule has 9 nitrogen and oxygen atoms in total. The van der Waals surface area contributed by atoms with E-state index < -0.39 is 53.2 Å². The fourth-order valence-corrected chi connectivity index (χ4v) is 5.17. The van der Waals surface area contributed by atoms with Crippen molar-refractivity contribution in [3.8, 4) is 0 Å². The average molecular weight is 628 g/mol. The molecular formula is C34H49N3O6S. The molecule has 0 radical (unpaired) electrons. The van der Waals surface area contributed by atoms with Gasteiger partial charge in [0.05, 0.1) is 0 Å². The fraction of sp³-hybridized carbons (Fsp3) is 0.529. The van der Waals surface area contributed by atoms with E-state index >= 15 is 0 Å². The second-order valence-electron chi connectivity index (χ2n) is 13.0. The number of aryl methyl sites for hydroxylation is 2. The Morgan fingerprint density at radius 1 is 0.841 bits per heavy atom. The monoisotopic (exact) mass is 627 g/mol. The third-order valence-electron chi connectivity index (χ3n) is 6.43. The van der Waals surface area contributed by atoms with Crippen molar-refractivity contribution in [2.45, 2.75) is 97.6 Å². The number of hydrogen-bond donors (Lipinski definition) is 2. The molecule has 0 heterocycles. The smallest absolute Gasteiger partial charge is 0.408 e. The van der Waals surface area contributed by atoms with Crippen LogP contribution in [0.3, 0.4) is 0 Å². The second kappa shape index (κ2) is 16.0. The van der Waals surface area contributed by atoms with E-state index in [1.54, 1.807) is 41.5 Å². The Kier molecular flexibility index (Phi) is 13.3. The predicted molar refractivity (Wildman–Crippen MR) is 176 cm³/mol. The number of rotatable bonds is 12. The summed E-state index contributed by atoms with van der Waals surface area (Å²) in [5.41, 5.74) is 1.73. The Labute approximate surface area is 266 Å². The number of likely N-dealkylation sites (N-methyl/N-ethyl adjacent to an activating group) is 1. The number of esters is 1. The maximum absolute atomic E-state index is 14.2. The molecular weight excluding hydrogens is 578 g/mol. The number of amides is 3. The lowest BCUT2D eigenvalue weighted by atomic mass is 9.98. The van der Waals surface area contributed by atoms with Gasteiger partial charge in [0.25, 0.3) is 0 Å². The first-order chi connectivity index (χ1) is 20.4. The van der Waals surface area contributed by atoms with E-state index in [2.05, 4.69) is 10.6 Å². The van der Waals surface area contributed by atoms with Crippen LogP contribution in [0.25, 0.3) is 0 Å². The van der Waals surface area contributed by atoms with Crippen LogP contribution in [-0.4, -0.2) is 71.1 Å². The summed E-state index contributed by atoms with van der Waals surface area (Å²) >= 11 is 1.54. The summed E-state index contributed by atoms with van der Waals surface area (Å²) in [6, 6.07) is 12.0. The number of ether oxygens (including phenoxy) is 2. The molecule has 3 unspecified atom stereocenters. The van der Waals surface area contributed by atoms with Gasteiger partial charge in [-0.25, -0.2) is 9.59 Å². The average Bonchev–Trinajstić information content (AvgIpc) is 2.88. The molecule has 44 heavy (non-hydrogen) atoms. The molecule has 0 spiro atoms. The summed E-state index contributed by atoms with van der Waals surface area (Å²) in [4.78, 5) is 55.6. The van der Waals surface area contributed by atoms with Crippen LogP contribution >= 0.6 is 11.8 Å². The van der Waals surface area contributed by atoms with Gasteiger partial charge < -0.3 is 25.0 Å². The maximum Gasteiger partial charge on any atom is 0.408 e. The van der Waals surface area contributed by atoms with E-state index in [0.29, 0.717) is 17.7 Å². The summed E-state index contributed by atoms with van der Waals surface area (Å²) in [5.74, 6) is -0.981. The molecule has 0 bridgehead atoms. The lowest BCUT2D eigenvalue weighted by Crippen LogP contribution is -2.54. The molecule has 2 aromatic carbocycles. The lowest BCUT2D eigenvalue weighted by molar-refractivity contribution is -0.159. The van der Waals surface area contributed by atoms with Gasteiger partial charge >= 0.3 is 12.1 Å². The number of carbonyl (C=O) groups excluding carboxylic acids is 4. The van der Waals surface area contributed by atoms with E-state index in [1.165, 1.54) is 23.7 Å². The Balaban J connectivity index is 2.50. The van der Waals surface area contributed by atoms with Crippen molar-refractivity contribution in [1.29, 1.82) is 0 Å². The van der Waals surface area contributed by atoms with Crippen molar-refractivity contribution in [2.75, 3.05) is 19.1 Å². The highest BCUT2D eigenvalue weighted by Crippen LogP contribution is 2.25. The molecule has 2 N–H and O–H groups in total. The van der Waals surface area contributed by atoms with Crippen molar-refractivity contribution in [3.05, 3.63) is 70.8 Å². The molecule has 2 rings (SSSR count). The van der Waals surface area contributed by atoms with Gasteiger partial charge in [0.2, 0.25) is 11.8 Å². The van der Waals surface area contributed by atoms with Crippen molar-refractivity contribution >= 4 is 35.6 Å². The van der Waals surface area contributed by atoms with Gasteiger partial charge in [-0.3, -0.25) is 9.59 Å². The predicted octanol–water partition coefficient (Wildman–Crippen LogP) is 5.52. The van der Waals surface area contributed by atoms with Crippen molar-refractivity contribution in [1.82, 2.24) is 15.5 Å². The van der Waals surface area contributed by atoms with Crippen LogP contribution in [-0.2, 0) is 30.3 Å². The molecule has 10 heteroatoms. The summed E-state index contributed by atoms with van der Waals surface area (Å²) < 4.78 is 11.1. The van der Waals surface area contributed by atoms with Crippen LogP contribution < -0.4 is 10.6 Å². The highest BCUT2D eigenvalue weighted by Gasteiger charge is 2.36. The SMILES string of the molecule is CSCCC(NC(=O)OC(C)(C)C)C(=O)N(C)C(C(=O)NC(Cc1ccccc1)C(=O)OC(C)(C)C)c1cc(C)cc(C)c1. The number of alkyl carbamates (subject to hydrolysis) is 1. The summed E-state index contributed by atoms with van der Waals surface area (Å²) in [7, 11) is 1.53. The zero-order chi connectivity index (χ0) is 33.2. The maximum atomic E-state index is 14.2. The molecule has 3 atom stereocenters. The minimum atomic E-state index is -1.10. The standard InChI is InChI=1S/C34H49N3O6S/c1-22-18-23(2)20-25(19-22)28(37(9)30(39)26(16-17-44-10)36-32(41)43-34(6,7)8)29(38)35-27(31(40)42-33(3,4)5)21-24-14-12-11-13-15-24/h11-15,18-20,26-28H,16-17,21H2,1-10H3,(H,35,38)(H,36,41). The molecule has 0 saturated carbocycles. The minimum absolute atomic E-state index is 0.204. The van der Waals surface area contributed by atoms with Crippen LogP contribution in [0.1, 0.15) is 76.3 Å².